The van der Waals surface area contributed by atoms with E-state index in [0.717, 1.165) is 37.0 Å². The zero-order valence-corrected chi connectivity index (χ0v) is 19.9. The van der Waals surface area contributed by atoms with Crippen LogP contribution in [0.25, 0.3) is 0 Å². The van der Waals surface area contributed by atoms with Gasteiger partial charge in [0.1, 0.15) is 12.4 Å². The van der Waals surface area contributed by atoms with Gasteiger partial charge in [-0.3, -0.25) is 0 Å². The normalized spacial score (nSPS) is 10.7. The first-order valence-corrected chi connectivity index (χ1v) is 11.0. The van der Waals surface area contributed by atoms with Crippen LogP contribution in [-0.4, -0.2) is 0 Å². The van der Waals surface area contributed by atoms with Crippen molar-refractivity contribution in [1.82, 2.24) is 0 Å². The van der Waals surface area contributed by atoms with Crippen LogP contribution in [0.3, 0.4) is 0 Å². The molecule has 140 valence electrons. The maximum Gasteiger partial charge on any atom is 0.148 e. The molecule has 0 saturated heterocycles. The second kappa shape index (κ2) is 9.26. The maximum absolute atomic E-state index is 6.02. The Labute approximate surface area is 185 Å². The van der Waals surface area contributed by atoms with E-state index in [0.29, 0.717) is 6.61 Å². The minimum absolute atomic E-state index is 0.518. The van der Waals surface area contributed by atoms with Gasteiger partial charge < -0.3 is 10.1 Å². The number of nitrogens with one attached hydrogen (secondary N) is 1. The summed E-state index contributed by atoms with van der Waals surface area (Å²) < 4.78 is 8.95. The predicted molar refractivity (Wildman–Crippen MR) is 124 cm³/mol. The Morgan fingerprint density at radius 2 is 1.48 bits per heavy atom. The van der Waals surface area contributed by atoms with Crippen molar-refractivity contribution < 1.29 is 4.74 Å². The van der Waals surface area contributed by atoms with Crippen molar-refractivity contribution in [2.24, 2.45) is 0 Å². The molecule has 3 rings (SSSR count). The van der Waals surface area contributed by atoms with E-state index < -0.39 is 0 Å². The number of hydrogen-bond acceptors (Lipinski definition) is 2. The summed E-state index contributed by atoms with van der Waals surface area (Å²) in [6, 6.07) is 18.8. The van der Waals surface area contributed by atoms with Gasteiger partial charge in [0, 0.05) is 16.7 Å². The van der Waals surface area contributed by atoms with Gasteiger partial charge in [-0.25, -0.2) is 0 Å². The molecule has 0 aliphatic rings. The van der Waals surface area contributed by atoms with Crippen LogP contribution >= 0.6 is 47.8 Å². The van der Waals surface area contributed by atoms with Crippen molar-refractivity contribution in [2.45, 2.75) is 27.0 Å². The summed E-state index contributed by atoms with van der Waals surface area (Å²) in [7, 11) is 0. The first kappa shape index (κ1) is 20.4. The highest BCUT2D eigenvalue weighted by molar-refractivity contribution is 9.11. The van der Waals surface area contributed by atoms with E-state index in [4.69, 9.17) is 4.74 Å². The third kappa shape index (κ3) is 5.59. The quantitative estimate of drug-likeness (QED) is 0.336. The average Bonchev–Trinajstić information content (AvgIpc) is 2.63. The van der Waals surface area contributed by atoms with Gasteiger partial charge in [0.25, 0.3) is 0 Å². The molecule has 2 nitrogen and oxygen atoms in total. The Morgan fingerprint density at radius 3 is 2.15 bits per heavy atom. The van der Waals surface area contributed by atoms with Crippen LogP contribution in [0.5, 0.6) is 5.75 Å². The van der Waals surface area contributed by atoms with Crippen LogP contribution in [-0.2, 0) is 13.2 Å². The van der Waals surface area contributed by atoms with Gasteiger partial charge in [-0.2, -0.15) is 0 Å². The molecule has 0 fully saturated rings. The van der Waals surface area contributed by atoms with Crippen molar-refractivity contribution in [3.05, 3.63) is 90.3 Å². The molecule has 1 N–H and O–H groups in total. The molecule has 0 aromatic heterocycles. The van der Waals surface area contributed by atoms with Gasteiger partial charge in [-0.05, 0) is 98.3 Å². The molecule has 27 heavy (non-hydrogen) atoms. The van der Waals surface area contributed by atoms with Gasteiger partial charge >= 0.3 is 0 Å². The van der Waals surface area contributed by atoms with E-state index >= 15 is 0 Å². The van der Waals surface area contributed by atoms with E-state index in [1.165, 1.54) is 16.7 Å². The highest BCUT2D eigenvalue weighted by Crippen LogP contribution is 2.35. The lowest BCUT2D eigenvalue weighted by atomic mass is 10.1. The molecule has 0 saturated carbocycles. The molecule has 0 unspecified atom stereocenters. The first-order valence-electron chi connectivity index (χ1n) is 8.58. The van der Waals surface area contributed by atoms with Crippen molar-refractivity contribution in [3.8, 4) is 5.75 Å². The van der Waals surface area contributed by atoms with Crippen LogP contribution in [0.4, 0.5) is 5.69 Å². The smallest absolute Gasteiger partial charge is 0.148 e. The first-order chi connectivity index (χ1) is 12.9. The zero-order chi connectivity index (χ0) is 19.4. The average molecular weight is 554 g/mol. The number of anilines is 1. The third-order valence-electron chi connectivity index (χ3n) is 4.23. The molecule has 3 aromatic rings. The highest BCUT2D eigenvalue weighted by atomic mass is 79.9. The van der Waals surface area contributed by atoms with Crippen LogP contribution in [0.2, 0.25) is 0 Å². The van der Waals surface area contributed by atoms with Crippen LogP contribution in [0, 0.1) is 13.8 Å². The molecule has 5 heteroatoms. The Balaban J connectivity index is 1.68. The molecule has 0 amide bonds. The number of rotatable bonds is 6. The Hall–Kier alpha value is -1.30. The highest BCUT2D eigenvalue weighted by Gasteiger charge is 2.10. The summed E-state index contributed by atoms with van der Waals surface area (Å²) in [5.74, 6) is 0.813. The Kier molecular flexibility index (Phi) is 7.01. The molecule has 0 aliphatic carbocycles. The van der Waals surface area contributed by atoms with E-state index in [1.807, 2.05) is 24.3 Å². The van der Waals surface area contributed by atoms with Crippen molar-refractivity contribution in [1.29, 1.82) is 0 Å². The monoisotopic (exact) mass is 551 g/mol. The lowest BCUT2D eigenvalue weighted by Gasteiger charge is -2.14. The summed E-state index contributed by atoms with van der Waals surface area (Å²) in [6.07, 6.45) is 0. The number of halogens is 3. The third-order valence-corrected chi connectivity index (χ3v) is 5.94. The Morgan fingerprint density at radius 1 is 0.815 bits per heavy atom. The fraction of sp³-hybridized carbons (Fsp3) is 0.182. The fourth-order valence-corrected chi connectivity index (χ4v) is 4.49. The van der Waals surface area contributed by atoms with E-state index in [9.17, 15) is 0 Å². The lowest BCUT2D eigenvalue weighted by molar-refractivity contribution is 0.302. The molecule has 0 atom stereocenters. The molecule has 0 aliphatic heterocycles. The van der Waals surface area contributed by atoms with Gasteiger partial charge in [0.05, 0.1) is 8.95 Å². The molecular formula is C22H20Br3NO. The number of aryl methyl sites for hydroxylation is 2. The standard InChI is InChI=1S/C22H20Br3NO/c1-14-3-4-15(2)21(9-14)26-12-17-10-19(24)22(20(25)11-17)27-13-16-5-7-18(23)8-6-16/h3-11,26H,12-13H2,1-2H3. The van der Waals surface area contributed by atoms with Gasteiger partial charge in [-0.1, -0.05) is 40.2 Å². The maximum atomic E-state index is 6.02. The van der Waals surface area contributed by atoms with Crippen LogP contribution < -0.4 is 10.1 Å². The van der Waals surface area contributed by atoms with Crippen LogP contribution in [0.15, 0.2) is 68.0 Å². The fourth-order valence-electron chi connectivity index (χ4n) is 2.71. The SMILES string of the molecule is Cc1ccc(C)c(NCc2cc(Br)c(OCc3ccc(Br)cc3)c(Br)c2)c1. The van der Waals surface area contributed by atoms with Gasteiger partial charge in [0.15, 0.2) is 0 Å². The van der Waals surface area contributed by atoms with Crippen molar-refractivity contribution in [2.75, 3.05) is 5.32 Å². The Bertz CT molecular complexity index is 916. The van der Waals surface area contributed by atoms with E-state index in [-0.39, 0.29) is 0 Å². The van der Waals surface area contributed by atoms with Crippen molar-refractivity contribution in [3.63, 3.8) is 0 Å². The topological polar surface area (TPSA) is 21.3 Å². The largest absolute Gasteiger partial charge is 0.487 e. The van der Waals surface area contributed by atoms with E-state index in [1.54, 1.807) is 0 Å². The number of benzene rings is 3. The lowest BCUT2D eigenvalue weighted by Crippen LogP contribution is -2.03. The second-order valence-corrected chi connectivity index (χ2v) is 9.10. The van der Waals surface area contributed by atoms with Gasteiger partial charge in [0.2, 0.25) is 0 Å². The second-order valence-electron chi connectivity index (χ2n) is 6.48. The summed E-state index contributed by atoms with van der Waals surface area (Å²) in [6.45, 7) is 5.49. The molecule has 0 heterocycles. The zero-order valence-electron chi connectivity index (χ0n) is 15.2. The number of ether oxygens (including phenoxy) is 1. The summed E-state index contributed by atoms with van der Waals surface area (Å²) in [5, 5.41) is 3.52. The summed E-state index contributed by atoms with van der Waals surface area (Å²) in [4.78, 5) is 0. The summed E-state index contributed by atoms with van der Waals surface area (Å²) >= 11 is 10.7. The molecular weight excluding hydrogens is 534 g/mol. The van der Waals surface area contributed by atoms with Gasteiger partial charge in [-0.15, -0.1) is 0 Å². The molecule has 3 aromatic carbocycles. The predicted octanol–water partition coefficient (Wildman–Crippen LogP) is 7.78. The molecule has 0 radical (unpaired) electrons. The molecule has 0 bridgehead atoms. The van der Waals surface area contributed by atoms with Crippen LogP contribution in [0.1, 0.15) is 22.3 Å². The number of hydrogen-bond donors (Lipinski definition) is 1. The molecule has 0 spiro atoms. The van der Waals surface area contributed by atoms with E-state index in [2.05, 4.69) is 97.3 Å². The van der Waals surface area contributed by atoms with Crippen molar-refractivity contribution >= 4 is 53.5 Å². The minimum atomic E-state index is 0.518. The summed E-state index contributed by atoms with van der Waals surface area (Å²) in [5.41, 5.74) is 5.96. The minimum Gasteiger partial charge on any atom is -0.487 e.